The van der Waals surface area contributed by atoms with Gasteiger partial charge in [0.05, 0.1) is 10.7 Å². The Hall–Kier alpha value is -1.92. The summed E-state index contributed by atoms with van der Waals surface area (Å²) in [5.74, 6) is 0. The van der Waals surface area contributed by atoms with Crippen LogP contribution in [0.15, 0.2) is 18.2 Å². The lowest BCUT2D eigenvalue weighted by Crippen LogP contribution is -2.50. The maximum atomic E-state index is 12.8. The molecular formula is C26H35ClF6N4O2. The first kappa shape index (κ1) is 30.0. The molecule has 3 fully saturated rings. The Bertz CT molecular complexity index is 1020. The van der Waals surface area contributed by atoms with E-state index in [1.807, 2.05) is 12.1 Å². The maximum absolute atomic E-state index is 12.8. The van der Waals surface area contributed by atoms with Gasteiger partial charge in [-0.25, -0.2) is 4.79 Å². The smallest absolute Gasteiger partial charge is 0.426 e. The van der Waals surface area contributed by atoms with E-state index in [4.69, 9.17) is 11.6 Å². The van der Waals surface area contributed by atoms with Crippen molar-refractivity contribution in [2.45, 2.75) is 63.7 Å². The molecule has 0 atom stereocenters. The van der Waals surface area contributed by atoms with Crippen molar-refractivity contribution in [1.29, 1.82) is 0 Å². The maximum Gasteiger partial charge on any atom is 0.434 e. The molecule has 3 aliphatic heterocycles. The molecule has 0 aliphatic carbocycles. The highest BCUT2D eigenvalue weighted by molar-refractivity contribution is 6.33. The first-order chi connectivity index (χ1) is 18.0. The summed E-state index contributed by atoms with van der Waals surface area (Å²) in [5, 5.41) is 0.701. The molecule has 0 aromatic heterocycles. The number of carbonyl (C=O) groups is 1. The van der Waals surface area contributed by atoms with Crippen molar-refractivity contribution in [2.75, 3.05) is 57.8 Å². The molecule has 3 heterocycles. The van der Waals surface area contributed by atoms with E-state index in [0.29, 0.717) is 31.0 Å². The Morgan fingerprint density at radius 3 is 2.15 bits per heavy atom. The number of anilines is 1. The highest BCUT2D eigenvalue weighted by Gasteiger charge is 2.60. The van der Waals surface area contributed by atoms with Gasteiger partial charge in [0.2, 0.25) is 0 Å². The molecule has 1 aromatic carbocycles. The average molecular weight is 585 g/mol. The normalized spacial score (nSPS) is 22.6. The fourth-order valence-electron chi connectivity index (χ4n) is 6.24. The van der Waals surface area contributed by atoms with Gasteiger partial charge in [0.25, 0.3) is 6.10 Å². The van der Waals surface area contributed by atoms with Crippen molar-refractivity contribution in [2.24, 2.45) is 5.41 Å². The Morgan fingerprint density at radius 1 is 1.00 bits per heavy atom. The van der Waals surface area contributed by atoms with Crippen molar-refractivity contribution >= 4 is 23.4 Å². The molecule has 13 heteroatoms. The minimum absolute atomic E-state index is 0.0366. The number of piperazine rings is 1. The molecule has 1 aromatic rings. The van der Waals surface area contributed by atoms with Crippen LogP contribution in [-0.2, 0) is 11.3 Å². The van der Waals surface area contributed by atoms with E-state index >= 15 is 0 Å². The summed E-state index contributed by atoms with van der Waals surface area (Å²) < 4.78 is 81.0. The number of halogens is 7. The molecule has 3 saturated heterocycles. The molecule has 4 rings (SSSR count). The molecule has 0 saturated carbocycles. The van der Waals surface area contributed by atoms with E-state index < -0.39 is 24.5 Å². The topological polar surface area (TPSA) is 39.3 Å². The lowest BCUT2D eigenvalue weighted by molar-refractivity contribution is -0.308. The van der Waals surface area contributed by atoms with Gasteiger partial charge in [-0.15, -0.1) is 0 Å². The van der Waals surface area contributed by atoms with Crippen LogP contribution in [0.25, 0.3) is 0 Å². The largest absolute Gasteiger partial charge is 0.434 e. The van der Waals surface area contributed by atoms with E-state index in [0.717, 1.165) is 48.8 Å². The van der Waals surface area contributed by atoms with Crippen LogP contribution in [0, 0.1) is 5.41 Å². The van der Waals surface area contributed by atoms with Crippen LogP contribution in [0.3, 0.4) is 0 Å². The molecule has 220 valence electrons. The fourth-order valence-corrected chi connectivity index (χ4v) is 6.56. The van der Waals surface area contributed by atoms with Gasteiger partial charge >= 0.3 is 18.4 Å². The second-order valence-electron chi connectivity index (χ2n) is 11.7. The number of carbonyl (C=O) groups excluding carboxylic acids is 1. The van der Waals surface area contributed by atoms with Crippen LogP contribution in [0.1, 0.15) is 38.7 Å². The zero-order chi connectivity index (χ0) is 28.8. The predicted molar refractivity (Wildman–Crippen MR) is 136 cm³/mol. The zero-order valence-electron chi connectivity index (χ0n) is 22.3. The zero-order valence-corrected chi connectivity index (χ0v) is 23.1. The summed E-state index contributed by atoms with van der Waals surface area (Å²) in [6, 6.07) is 5.92. The van der Waals surface area contributed by atoms with Gasteiger partial charge in [0.15, 0.2) is 0 Å². The lowest BCUT2D eigenvalue weighted by atomic mass is 9.74. The molecule has 0 N–H and O–H groups in total. The number of likely N-dealkylation sites (N-methyl/N-ethyl adjacent to an activating group) is 1. The third kappa shape index (κ3) is 6.70. The van der Waals surface area contributed by atoms with Crippen molar-refractivity contribution in [3.05, 3.63) is 28.8 Å². The Balaban J connectivity index is 1.42. The van der Waals surface area contributed by atoms with Crippen LogP contribution in [0.2, 0.25) is 5.02 Å². The first-order valence-corrected chi connectivity index (χ1v) is 13.4. The SMILES string of the molecule is CN1CCN(c2c(Cl)cccc2CN2CC3(CCN(C(=O)OC(C(F)(F)F)C(F)(F)F)CC3)CC2(C)C)CC1. The molecule has 0 radical (unpaired) electrons. The lowest BCUT2D eigenvalue weighted by Gasteiger charge is -2.39. The van der Waals surface area contributed by atoms with Gasteiger partial charge in [0.1, 0.15) is 0 Å². The Labute approximate surface area is 229 Å². The van der Waals surface area contributed by atoms with E-state index in [-0.39, 0.29) is 24.0 Å². The van der Waals surface area contributed by atoms with Crippen LogP contribution < -0.4 is 4.90 Å². The van der Waals surface area contributed by atoms with Crippen LogP contribution in [-0.4, -0.2) is 97.6 Å². The summed E-state index contributed by atoms with van der Waals surface area (Å²) in [6.45, 7) is 9.32. The van der Waals surface area contributed by atoms with Gasteiger partial charge in [-0.2, -0.15) is 26.3 Å². The number of likely N-dealkylation sites (tertiary alicyclic amines) is 2. The highest BCUT2D eigenvalue weighted by Crippen LogP contribution is 2.49. The van der Waals surface area contributed by atoms with Crippen molar-refractivity contribution in [3.8, 4) is 0 Å². The number of rotatable bonds is 4. The van der Waals surface area contributed by atoms with E-state index in [1.165, 1.54) is 0 Å². The third-order valence-corrected chi connectivity index (χ3v) is 8.64. The number of alkyl halides is 6. The standard InChI is InChI=1S/C26H35ClF6N4O2/c1-23(2)16-24(7-9-36(10-8-24)22(38)39-21(25(28,29)30)26(31,32)33)17-37(23)15-18-5-4-6-19(27)20(18)35-13-11-34(3)12-14-35/h4-6,21H,7-17H2,1-3H3. The van der Waals surface area contributed by atoms with Crippen LogP contribution in [0.5, 0.6) is 0 Å². The number of para-hydroxylation sites is 1. The average Bonchev–Trinajstić information content (AvgIpc) is 3.06. The number of hydrogen-bond acceptors (Lipinski definition) is 5. The molecule has 0 bridgehead atoms. The van der Waals surface area contributed by atoms with E-state index in [9.17, 15) is 31.1 Å². The number of ether oxygens (including phenoxy) is 1. The van der Waals surface area contributed by atoms with Gasteiger partial charge in [-0.05, 0) is 57.2 Å². The second kappa shape index (κ2) is 10.8. The molecular weight excluding hydrogens is 550 g/mol. The second-order valence-corrected chi connectivity index (χ2v) is 12.1. The van der Waals surface area contributed by atoms with Crippen LogP contribution in [0.4, 0.5) is 36.8 Å². The van der Waals surface area contributed by atoms with Crippen molar-refractivity contribution in [3.63, 3.8) is 0 Å². The van der Waals surface area contributed by atoms with Gasteiger partial charge in [0, 0.05) is 57.9 Å². The van der Waals surface area contributed by atoms with Crippen molar-refractivity contribution in [1.82, 2.24) is 14.7 Å². The molecule has 6 nitrogen and oxygen atoms in total. The van der Waals surface area contributed by atoms with E-state index in [2.05, 4.69) is 46.4 Å². The summed E-state index contributed by atoms with van der Waals surface area (Å²) in [6.07, 6.45) is -15.5. The quantitative estimate of drug-likeness (QED) is 0.419. The predicted octanol–water partition coefficient (Wildman–Crippen LogP) is 5.79. The third-order valence-electron chi connectivity index (χ3n) is 8.34. The Morgan fingerprint density at radius 2 is 1.59 bits per heavy atom. The minimum atomic E-state index is -5.73. The molecule has 3 aliphatic rings. The molecule has 39 heavy (non-hydrogen) atoms. The number of benzene rings is 1. The monoisotopic (exact) mass is 584 g/mol. The summed E-state index contributed by atoms with van der Waals surface area (Å²) in [7, 11) is 2.09. The number of nitrogens with zero attached hydrogens (tertiary/aromatic N) is 4. The van der Waals surface area contributed by atoms with Gasteiger partial charge < -0.3 is 19.4 Å². The summed E-state index contributed by atoms with van der Waals surface area (Å²) >= 11 is 6.67. The van der Waals surface area contributed by atoms with E-state index in [1.54, 1.807) is 0 Å². The first-order valence-electron chi connectivity index (χ1n) is 13.1. The number of piperidine rings is 1. The Kier molecular flexibility index (Phi) is 8.33. The molecule has 1 amide bonds. The highest BCUT2D eigenvalue weighted by atomic mass is 35.5. The number of hydrogen-bond donors (Lipinski definition) is 0. The fraction of sp³-hybridized carbons (Fsp3) is 0.731. The van der Waals surface area contributed by atoms with Crippen molar-refractivity contribution < 1.29 is 35.9 Å². The summed E-state index contributed by atoms with van der Waals surface area (Å²) in [4.78, 5) is 20.2. The minimum Gasteiger partial charge on any atom is -0.426 e. The van der Waals surface area contributed by atoms with Gasteiger partial charge in [-0.3, -0.25) is 4.90 Å². The molecule has 1 spiro atoms. The number of amides is 1. The summed E-state index contributed by atoms with van der Waals surface area (Å²) in [5.41, 5.74) is 1.73. The van der Waals surface area contributed by atoms with Crippen LogP contribution >= 0.6 is 11.6 Å². The van der Waals surface area contributed by atoms with Gasteiger partial charge in [-0.1, -0.05) is 23.7 Å². The molecule has 0 unspecified atom stereocenters.